The van der Waals surface area contributed by atoms with Crippen LogP contribution in [0.4, 0.5) is 0 Å². The van der Waals surface area contributed by atoms with Crippen molar-refractivity contribution in [2.45, 2.75) is 18.2 Å². The number of hydrogen-bond donors (Lipinski definition) is 1. The van der Waals surface area contributed by atoms with Crippen LogP contribution in [0.25, 0.3) is 0 Å². The van der Waals surface area contributed by atoms with Crippen LogP contribution < -0.4 is 0 Å². The van der Waals surface area contributed by atoms with Crippen LogP contribution in [0.15, 0.2) is 23.1 Å². The van der Waals surface area contributed by atoms with E-state index in [4.69, 9.17) is 16.2 Å². The third-order valence-electron chi connectivity index (χ3n) is 1.98. The van der Waals surface area contributed by atoms with E-state index >= 15 is 0 Å². The number of hydrogen-bond acceptors (Lipinski definition) is 2. The monoisotopic (exact) mass is 234 g/mol. The van der Waals surface area contributed by atoms with Gasteiger partial charge in [0.25, 0.3) is 10.1 Å². The van der Waals surface area contributed by atoms with Gasteiger partial charge in [-0.05, 0) is 36.6 Å². The molecule has 0 aliphatic heterocycles. The molecule has 0 aliphatic carbocycles. The minimum absolute atomic E-state index is 0.0804. The van der Waals surface area contributed by atoms with Gasteiger partial charge in [0.05, 0.1) is 4.90 Å². The predicted octanol–water partition coefficient (Wildman–Crippen LogP) is 2.02. The van der Waals surface area contributed by atoms with E-state index in [0.29, 0.717) is 12.3 Å². The van der Waals surface area contributed by atoms with Gasteiger partial charge in [-0.2, -0.15) is 8.42 Å². The molecular weight excluding hydrogens is 224 g/mol. The third kappa shape index (κ3) is 2.70. The SMILES string of the molecule is Cc1ccc(S(=O)(=O)O)cc1CCCl. The third-order valence-corrected chi connectivity index (χ3v) is 3.02. The van der Waals surface area contributed by atoms with Gasteiger partial charge < -0.3 is 0 Å². The summed E-state index contributed by atoms with van der Waals surface area (Å²) >= 11 is 5.56. The van der Waals surface area contributed by atoms with Gasteiger partial charge in [-0.25, -0.2) is 0 Å². The van der Waals surface area contributed by atoms with Crippen LogP contribution in [0.5, 0.6) is 0 Å². The zero-order valence-electron chi connectivity index (χ0n) is 7.70. The highest BCUT2D eigenvalue weighted by Gasteiger charge is 2.10. The lowest BCUT2D eigenvalue weighted by Gasteiger charge is -2.05. The van der Waals surface area contributed by atoms with Gasteiger partial charge in [0.15, 0.2) is 0 Å². The molecule has 3 nitrogen and oxygen atoms in total. The Bertz CT molecular complexity index is 426. The van der Waals surface area contributed by atoms with Gasteiger partial charge in [-0.15, -0.1) is 11.6 Å². The van der Waals surface area contributed by atoms with Gasteiger partial charge in [-0.1, -0.05) is 6.07 Å². The van der Waals surface area contributed by atoms with Crippen molar-refractivity contribution in [1.29, 1.82) is 0 Å². The van der Waals surface area contributed by atoms with Gasteiger partial charge in [0.1, 0.15) is 0 Å². The molecular formula is C9H11ClO3S. The Morgan fingerprint density at radius 1 is 1.43 bits per heavy atom. The van der Waals surface area contributed by atoms with Crippen LogP contribution >= 0.6 is 11.6 Å². The Morgan fingerprint density at radius 2 is 2.07 bits per heavy atom. The van der Waals surface area contributed by atoms with Gasteiger partial charge >= 0.3 is 0 Å². The Balaban J connectivity index is 3.20. The van der Waals surface area contributed by atoms with E-state index in [0.717, 1.165) is 11.1 Å². The lowest BCUT2D eigenvalue weighted by Crippen LogP contribution is -2.00. The minimum atomic E-state index is -4.10. The number of aryl methyl sites for hydroxylation is 2. The molecule has 78 valence electrons. The number of benzene rings is 1. The first-order chi connectivity index (χ1) is 6.45. The fraction of sp³-hybridized carbons (Fsp3) is 0.333. The summed E-state index contributed by atoms with van der Waals surface area (Å²) in [5, 5.41) is 0. The maximum absolute atomic E-state index is 10.8. The van der Waals surface area contributed by atoms with E-state index in [9.17, 15) is 8.42 Å². The molecule has 0 fully saturated rings. The lowest BCUT2D eigenvalue weighted by molar-refractivity contribution is 0.483. The Labute approximate surface area is 88.5 Å². The van der Waals surface area contributed by atoms with Gasteiger partial charge in [-0.3, -0.25) is 4.55 Å². The molecule has 5 heteroatoms. The van der Waals surface area contributed by atoms with Crippen molar-refractivity contribution in [2.24, 2.45) is 0 Å². The molecule has 0 saturated carbocycles. The summed E-state index contributed by atoms with van der Waals surface area (Å²) < 4.78 is 30.5. The maximum Gasteiger partial charge on any atom is 0.294 e. The highest BCUT2D eigenvalue weighted by molar-refractivity contribution is 7.85. The second kappa shape index (κ2) is 4.29. The second-order valence-corrected chi connectivity index (χ2v) is 4.80. The van der Waals surface area contributed by atoms with Crippen molar-refractivity contribution in [1.82, 2.24) is 0 Å². The zero-order valence-corrected chi connectivity index (χ0v) is 9.27. The van der Waals surface area contributed by atoms with Gasteiger partial charge in [0.2, 0.25) is 0 Å². The molecule has 0 aromatic heterocycles. The molecule has 14 heavy (non-hydrogen) atoms. The first-order valence-electron chi connectivity index (χ1n) is 4.08. The molecule has 1 N–H and O–H groups in total. The lowest BCUT2D eigenvalue weighted by atomic mass is 10.1. The summed E-state index contributed by atoms with van der Waals surface area (Å²) in [7, 11) is -4.10. The standard InChI is InChI=1S/C9H11ClO3S/c1-7-2-3-9(14(11,12)13)6-8(7)4-5-10/h2-3,6H,4-5H2,1H3,(H,11,12,13). The largest absolute Gasteiger partial charge is 0.294 e. The molecule has 0 amide bonds. The molecule has 0 radical (unpaired) electrons. The van der Waals surface area contributed by atoms with Crippen molar-refractivity contribution in [2.75, 3.05) is 5.88 Å². The fourth-order valence-electron chi connectivity index (χ4n) is 1.18. The van der Waals surface area contributed by atoms with Crippen molar-refractivity contribution >= 4 is 21.7 Å². The van der Waals surface area contributed by atoms with E-state index in [2.05, 4.69) is 0 Å². The van der Waals surface area contributed by atoms with Crippen molar-refractivity contribution in [3.8, 4) is 0 Å². The van der Waals surface area contributed by atoms with Crippen LogP contribution in [-0.4, -0.2) is 18.9 Å². The average Bonchev–Trinajstić information content (AvgIpc) is 2.07. The maximum atomic E-state index is 10.8. The molecule has 0 bridgehead atoms. The second-order valence-electron chi connectivity index (χ2n) is 3.00. The van der Waals surface area contributed by atoms with Crippen LogP contribution in [0.1, 0.15) is 11.1 Å². The summed E-state index contributed by atoms with van der Waals surface area (Å²) in [6.45, 7) is 1.87. The van der Waals surface area contributed by atoms with Crippen LogP contribution in [0, 0.1) is 6.92 Å². The van der Waals surface area contributed by atoms with E-state index in [-0.39, 0.29) is 4.90 Å². The van der Waals surface area contributed by atoms with Crippen LogP contribution in [0.3, 0.4) is 0 Å². The van der Waals surface area contributed by atoms with Crippen molar-refractivity contribution in [3.05, 3.63) is 29.3 Å². The molecule has 0 atom stereocenters. The van der Waals surface area contributed by atoms with Crippen molar-refractivity contribution in [3.63, 3.8) is 0 Å². The van der Waals surface area contributed by atoms with E-state index in [1.165, 1.54) is 12.1 Å². The summed E-state index contributed by atoms with van der Waals surface area (Å²) in [6.07, 6.45) is 0.594. The quantitative estimate of drug-likeness (QED) is 0.643. The topological polar surface area (TPSA) is 54.4 Å². The molecule has 1 rings (SSSR count). The summed E-state index contributed by atoms with van der Waals surface area (Å²) in [6, 6.07) is 4.49. The summed E-state index contributed by atoms with van der Waals surface area (Å²) in [4.78, 5) is -0.0804. The Hall–Kier alpha value is -0.580. The summed E-state index contributed by atoms with van der Waals surface area (Å²) in [5.74, 6) is 0.426. The van der Waals surface area contributed by atoms with E-state index < -0.39 is 10.1 Å². The van der Waals surface area contributed by atoms with Crippen LogP contribution in [0.2, 0.25) is 0 Å². The Morgan fingerprint density at radius 3 is 2.57 bits per heavy atom. The molecule has 0 saturated heterocycles. The van der Waals surface area contributed by atoms with E-state index in [1.807, 2.05) is 6.92 Å². The molecule has 1 aromatic rings. The number of halogens is 1. The van der Waals surface area contributed by atoms with Gasteiger partial charge in [0, 0.05) is 5.88 Å². The molecule has 0 unspecified atom stereocenters. The predicted molar refractivity (Wildman–Crippen MR) is 55.4 cm³/mol. The molecule has 1 aromatic carbocycles. The smallest absolute Gasteiger partial charge is 0.282 e. The Kier molecular flexibility index (Phi) is 3.53. The molecule has 0 heterocycles. The fourth-order valence-corrected chi connectivity index (χ4v) is 1.91. The van der Waals surface area contributed by atoms with Crippen LogP contribution in [-0.2, 0) is 16.5 Å². The first kappa shape index (κ1) is 11.5. The summed E-state index contributed by atoms with van der Waals surface area (Å²) in [5.41, 5.74) is 1.81. The highest BCUT2D eigenvalue weighted by Crippen LogP contribution is 2.16. The molecule has 0 spiro atoms. The first-order valence-corrected chi connectivity index (χ1v) is 6.05. The zero-order chi connectivity index (χ0) is 10.8. The van der Waals surface area contributed by atoms with Crippen molar-refractivity contribution < 1.29 is 13.0 Å². The number of rotatable bonds is 3. The average molecular weight is 235 g/mol. The highest BCUT2D eigenvalue weighted by atomic mass is 35.5. The van der Waals surface area contributed by atoms with E-state index in [1.54, 1.807) is 6.07 Å². The minimum Gasteiger partial charge on any atom is -0.282 e. The molecule has 0 aliphatic rings. The normalized spacial score (nSPS) is 11.6. The number of alkyl halides is 1.